The summed E-state index contributed by atoms with van der Waals surface area (Å²) in [6.07, 6.45) is 4.10. The van der Waals surface area contributed by atoms with E-state index in [1.807, 2.05) is 44.2 Å². The van der Waals surface area contributed by atoms with E-state index in [4.69, 9.17) is 9.47 Å². The van der Waals surface area contributed by atoms with Gasteiger partial charge in [0.05, 0.1) is 6.61 Å². The molecular formula is C29H30O5. The first-order valence-electron chi connectivity index (χ1n) is 11.2. The van der Waals surface area contributed by atoms with Crippen LogP contribution in [-0.2, 0) is 11.2 Å². The minimum Gasteiger partial charge on any atom is -0.493 e. The lowest BCUT2D eigenvalue weighted by Gasteiger charge is -2.24. The van der Waals surface area contributed by atoms with Gasteiger partial charge in [-0.25, -0.2) is 4.79 Å². The van der Waals surface area contributed by atoms with Crippen LogP contribution in [0.2, 0.25) is 0 Å². The zero-order chi connectivity index (χ0) is 24.7. The molecule has 0 radical (unpaired) electrons. The van der Waals surface area contributed by atoms with Gasteiger partial charge in [-0.05, 0) is 92.4 Å². The molecule has 0 aliphatic heterocycles. The maximum atomic E-state index is 12.6. The van der Waals surface area contributed by atoms with Crippen molar-refractivity contribution in [3.05, 3.63) is 101 Å². The number of rotatable bonds is 10. The molecule has 1 N–H and O–H groups in total. The number of aryl methyl sites for hydroxylation is 2. The molecule has 0 unspecified atom stereocenters. The Morgan fingerprint density at radius 1 is 0.941 bits per heavy atom. The van der Waals surface area contributed by atoms with Gasteiger partial charge in [0.2, 0.25) is 0 Å². The summed E-state index contributed by atoms with van der Waals surface area (Å²) in [5.74, 6) is 0.119. The Labute approximate surface area is 200 Å². The number of benzene rings is 3. The first-order valence-corrected chi connectivity index (χ1v) is 11.2. The fourth-order valence-electron chi connectivity index (χ4n) is 3.45. The Hall–Kier alpha value is -3.86. The van der Waals surface area contributed by atoms with Gasteiger partial charge >= 0.3 is 5.97 Å². The lowest BCUT2D eigenvalue weighted by molar-refractivity contribution is -0.152. The maximum absolute atomic E-state index is 12.6. The van der Waals surface area contributed by atoms with Crippen LogP contribution in [0.4, 0.5) is 0 Å². The van der Waals surface area contributed by atoms with Crippen LogP contribution in [0.25, 0.3) is 6.08 Å². The van der Waals surface area contributed by atoms with Gasteiger partial charge in [-0.3, -0.25) is 4.79 Å². The number of ketones is 1. The van der Waals surface area contributed by atoms with Crippen LogP contribution in [0.1, 0.15) is 46.5 Å². The maximum Gasteiger partial charge on any atom is 0.347 e. The van der Waals surface area contributed by atoms with Crippen molar-refractivity contribution >= 4 is 17.8 Å². The second-order valence-corrected chi connectivity index (χ2v) is 8.71. The molecule has 0 aromatic heterocycles. The second kappa shape index (κ2) is 10.8. The van der Waals surface area contributed by atoms with E-state index in [2.05, 4.69) is 12.1 Å². The Bertz CT molecular complexity index is 1150. The van der Waals surface area contributed by atoms with Crippen LogP contribution >= 0.6 is 0 Å². The van der Waals surface area contributed by atoms with Crippen molar-refractivity contribution < 1.29 is 24.2 Å². The smallest absolute Gasteiger partial charge is 0.347 e. The van der Waals surface area contributed by atoms with E-state index in [-0.39, 0.29) is 5.78 Å². The van der Waals surface area contributed by atoms with Crippen molar-refractivity contribution in [2.75, 3.05) is 6.61 Å². The molecule has 0 aliphatic rings. The van der Waals surface area contributed by atoms with E-state index >= 15 is 0 Å². The van der Waals surface area contributed by atoms with E-state index < -0.39 is 11.6 Å². The molecule has 0 atom stereocenters. The van der Waals surface area contributed by atoms with Crippen molar-refractivity contribution in [2.45, 2.75) is 39.7 Å². The summed E-state index contributed by atoms with van der Waals surface area (Å²) in [7, 11) is 0. The van der Waals surface area contributed by atoms with Gasteiger partial charge in [0, 0.05) is 12.0 Å². The topological polar surface area (TPSA) is 72.8 Å². The number of carboxylic acid groups (broad SMARTS) is 1. The van der Waals surface area contributed by atoms with Gasteiger partial charge in [0.15, 0.2) is 11.4 Å². The highest BCUT2D eigenvalue weighted by Gasteiger charge is 2.30. The fraction of sp³-hybridized carbons (Fsp3) is 0.241. The zero-order valence-electron chi connectivity index (χ0n) is 20.0. The van der Waals surface area contributed by atoms with Crippen molar-refractivity contribution in [2.24, 2.45) is 0 Å². The standard InChI is InChI=1S/C29H30O5/c1-20-18-23(19-21(2)27(20)34-29(3,4)28(31)32)10-15-26(30)24-11-13-25(14-12-24)33-17-16-22-8-6-5-7-9-22/h5-15,18-19H,16-17H2,1-4H3,(H,31,32). The quantitative estimate of drug-likeness (QED) is 0.295. The van der Waals surface area contributed by atoms with E-state index in [0.717, 1.165) is 28.9 Å². The van der Waals surface area contributed by atoms with Crippen LogP contribution in [0.5, 0.6) is 11.5 Å². The first-order chi connectivity index (χ1) is 16.2. The van der Waals surface area contributed by atoms with Gasteiger partial charge in [0.25, 0.3) is 0 Å². The third-order valence-corrected chi connectivity index (χ3v) is 5.42. The van der Waals surface area contributed by atoms with E-state index in [1.165, 1.54) is 25.5 Å². The molecule has 3 rings (SSSR count). The minimum absolute atomic E-state index is 0.113. The molecule has 5 nitrogen and oxygen atoms in total. The normalized spacial score (nSPS) is 11.4. The average molecular weight is 459 g/mol. The lowest BCUT2D eigenvalue weighted by atomic mass is 10.0. The lowest BCUT2D eigenvalue weighted by Crippen LogP contribution is -2.38. The number of hydrogen-bond donors (Lipinski definition) is 1. The van der Waals surface area contributed by atoms with E-state index in [1.54, 1.807) is 30.3 Å². The molecule has 0 heterocycles. The van der Waals surface area contributed by atoms with Crippen LogP contribution in [0.15, 0.2) is 72.8 Å². The van der Waals surface area contributed by atoms with Gasteiger partial charge < -0.3 is 14.6 Å². The second-order valence-electron chi connectivity index (χ2n) is 8.71. The number of carbonyl (C=O) groups excluding carboxylic acids is 1. The third-order valence-electron chi connectivity index (χ3n) is 5.42. The Morgan fingerprint density at radius 3 is 2.15 bits per heavy atom. The Kier molecular flexibility index (Phi) is 7.90. The van der Waals surface area contributed by atoms with Crippen LogP contribution in [-0.4, -0.2) is 29.1 Å². The minimum atomic E-state index is -1.33. The van der Waals surface area contributed by atoms with Gasteiger partial charge in [0.1, 0.15) is 11.5 Å². The highest BCUT2D eigenvalue weighted by molar-refractivity contribution is 6.06. The SMILES string of the molecule is Cc1cc(C=CC(=O)c2ccc(OCCc3ccccc3)cc2)cc(C)c1OC(C)(C)C(=O)O. The third kappa shape index (κ3) is 6.58. The highest BCUT2D eigenvalue weighted by Crippen LogP contribution is 2.29. The summed E-state index contributed by atoms with van der Waals surface area (Å²) in [4.78, 5) is 24.0. The molecule has 0 aliphatic carbocycles. The van der Waals surface area contributed by atoms with Crippen molar-refractivity contribution in [3.63, 3.8) is 0 Å². The number of carbonyl (C=O) groups is 2. The number of ether oxygens (including phenoxy) is 2. The molecular weight excluding hydrogens is 428 g/mol. The molecule has 0 saturated heterocycles. The predicted octanol–water partition coefficient (Wildman–Crippen LogP) is 6.06. The highest BCUT2D eigenvalue weighted by atomic mass is 16.5. The fourth-order valence-corrected chi connectivity index (χ4v) is 3.45. The zero-order valence-corrected chi connectivity index (χ0v) is 20.0. The first kappa shape index (κ1) is 24.8. The number of allylic oxidation sites excluding steroid dienone is 1. The molecule has 3 aromatic rings. The summed E-state index contributed by atoms with van der Waals surface area (Å²) in [6.45, 7) is 7.31. The summed E-state index contributed by atoms with van der Waals surface area (Å²) < 4.78 is 11.5. The summed E-state index contributed by atoms with van der Waals surface area (Å²) in [5.41, 5.74) is 2.90. The van der Waals surface area contributed by atoms with Crippen molar-refractivity contribution in [1.82, 2.24) is 0 Å². The van der Waals surface area contributed by atoms with Gasteiger partial charge in [-0.1, -0.05) is 36.4 Å². The summed E-state index contributed by atoms with van der Waals surface area (Å²) >= 11 is 0. The molecule has 0 amide bonds. The molecule has 176 valence electrons. The molecule has 0 fully saturated rings. The molecule has 0 spiro atoms. The van der Waals surface area contributed by atoms with Crippen LogP contribution in [0, 0.1) is 13.8 Å². The summed E-state index contributed by atoms with van der Waals surface area (Å²) in [6, 6.07) is 21.0. The van der Waals surface area contributed by atoms with E-state index in [9.17, 15) is 14.7 Å². The van der Waals surface area contributed by atoms with Crippen molar-refractivity contribution in [1.29, 1.82) is 0 Å². The predicted molar refractivity (Wildman–Crippen MR) is 134 cm³/mol. The van der Waals surface area contributed by atoms with Crippen LogP contribution in [0.3, 0.4) is 0 Å². The average Bonchev–Trinajstić information content (AvgIpc) is 2.81. The molecule has 0 saturated carbocycles. The molecule has 3 aromatic carbocycles. The molecule has 0 bridgehead atoms. The van der Waals surface area contributed by atoms with Crippen LogP contribution < -0.4 is 9.47 Å². The number of aliphatic carboxylic acids is 1. The van der Waals surface area contributed by atoms with Gasteiger partial charge in [-0.15, -0.1) is 0 Å². The monoisotopic (exact) mass is 458 g/mol. The largest absolute Gasteiger partial charge is 0.493 e. The summed E-state index contributed by atoms with van der Waals surface area (Å²) in [5, 5.41) is 9.32. The van der Waals surface area contributed by atoms with E-state index in [0.29, 0.717) is 17.9 Å². The number of carboxylic acids is 1. The molecule has 34 heavy (non-hydrogen) atoms. The molecule has 5 heteroatoms. The number of hydrogen-bond acceptors (Lipinski definition) is 4. The Balaban J connectivity index is 1.61. The van der Waals surface area contributed by atoms with Crippen molar-refractivity contribution in [3.8, 4) is 11.5 Å². The Morgan fingerprint density at radius 2 is 1.56 bits per heavy atom. The van der Waals surface area contributed by atoms with Gasteiger partial charge in [-0.2, -0.15) is 0 Å².